The Balaban J connectivity index is 1.76. The van der Waals surface area contributed by atoms with Crippen molar-refractivity contribution in [3.63, 3.8) is 0 Å². The van der Waals surface area contributed by atoms with E-state index in [9.17, 15) is 0 Å². The first-order valence-corrected chi connectivity index (χ1v) is 6.70. The largest absolute Gasteiger partial charge is 0.336 e. The second-order valence-electron chi connectivity index (χ2n) is 4.63. The van der Waals surface area contributed by atoms with Crippen LogP contribution in [0.5, 0.6) is 0 Å². The van der Waals surface area contributed by atoms with E-state index in [2.05, 4.69) is 15.7 Å². The summed E-state index contributed by atoms with van der Waals surface area (Å²) in [7, 11) is 0. The average Bonchev–Trinajstić information content (AvgIpc) is 2.90. The summed E-state index contributed by atoms with van der Waals surface area (Å²) in [6.45, 7) is 1.96. The van der Waals surface area contributed by atoms with Gasteiger partial charge in [-0.3, -0.25) is 0 Å². The van der Waals surface area contributed by atoms with Gasteiger partial charge in [0.15, 0.2) is 0 Å². The SMILES string of the molecule is Cc1c(-c2ccccc2)noc1N/N=C/c1ccccc1. The van der Waals surface area contributed by atoms with Gasteiger partial charge in [-0.2, -0.15) is 5.10 Å². The third-order valence-corrected chi connectivity index (χ3v) is 3.15. The molecule has 0 fully saturated rings. The van der Waals surface area contributed by atoms with E-state index in [-0.39, 0.29) is 0 Å². The van der Waals surface area contributed by atoms with Gasteiger partial charge in [-0.1, -0.05) is 65.8 Å². The van der Waals surface area contributed by atoms with E-state index in [1.54, 1.807) is 6.21 Å². The van der Waals surface area contributed by atoms with Crippen molar-refractivity contribution in [3.8, 4) is 11.3 Å². The van der Waals surface area contributed by atoms with Crippen LogP contribution in [0.2, 0.25) is 0 Å². The lowest BCUT2D eigenvalue weighted by atomic mass is 10.1. The lowest BCUT2D eigenvalue weighted by Crippen LogP contribution is -1.90. The number of anilines is 1. The maximum absolute atomic E-state index is 5.31. The maximum Gasteiger partial charge on any atom is 0.248 e. The summed E-state index contributed by atoms with van der Waals surface area (Å²) in [5.41, 5.74) is 6.70. The molecule has 0 saturated heterocycles. The normalized spacial score (nSPS) is 10.9. The summed E-state index contributed by atoms with van der Waals surface area (Å²) in [6.07, 6.45) is 1.74. The van der Waals surface area contributed by atoms with E-state index in [0.717, 1.165) is 22.4 Å². The van der Waals surface area contributed by atoms with Crippen LogP contribution >= 0.6 is 0 Å². The number of hydrogen-bond acceptors (Lipinski definition) is 4. The van der Waals surface area contributed by atoms with Gasteiger partial charge in [-0.25, -0.2) is 5.43 Å². The van der Waals surface area contributed by atoms with Crippen molar-refractivity contribution in [2.24, 2.45) is 5.10 Å². The van der Waals surface area contributed by atoms with Crippen molar-refractivity contribution in [1.29, 1.82) is 0 Å². The number of nitrogens with one attached hydrogen (secondary N) is 1. The van der Waals surface area contributed by atoms with Crippen molar-refractivity contribution in [1.82, 2.24) is 5.16 Å². The molecule has 0 aliphatic rings. The summed E-state index contributed by atoms with van der Waals surface area (Å²) in [4.78, 5) is 0. The highest BCUT2D eigenvalue weighted by Crippen LogP contribution is 2.27. The number of nitrogens with zero attached hydrogens (tertiary/aromatic N) is 2. The van der Waals surface area contributed by atoms with E-state index in [4.69, 9.17) is 4.52 Å². The molecule has 0 aliphatic heterocycles. The van der Waals surface area contributed by atoms with Gasteiger partial charge in [0.25, 0.3) is 0 Å². The quantitative estimate of drug-likeness (QED) is 0.577. The maximum atomic E-state index is 5.31. The van der Waals surface area contributed by atoms with Gasteiger partial charge in [0.1, 0.15) is 5.69 Å². The minimum Gasteiger partial charge on any atom is -0.336 e. The Labute approximate surface area is 123 Å². The second kappa shape index (κ2) is 6.05. The molecule has 3 rings (SSSR count). The lowest BCUT2D eigenvalue weighted by molar-refractivity contribution is 0.435. The Morgan fingerprint density at radius 3 is 2.38 bits per heavy atom. The fraction of sp³-hybridized carbons (Fsp3) is 0.0588. The third kappa shape index (κ3) is 3.00. The van der Waals surface area contributed by atoms with Crippen LogP contribution in [0.4, 0.5) is 5.88 Å². The Bertz CT molecular complexity index is 733. The van der Waals surface area contributed by atoms with Gasteiger partial charge in [0, 0.05) is 11.1 Å². The van der Waals surface area contributed by atoms with Crippen LogP contribution in [0.15, 0.2) is 70.3 Å². The zero-order valence-corrected chi connectivity index (χ0v) is 11.7. The minimum atomic E-state index is 0.557. The molecule has 1 heterocycles. The Morgan fingerprint density at radius 2 is 1.67 bits per heavy atom. The van der Waals surface area contributed by atoms with E-state index < -0.39 is 0 Å². The molecule has 0 atom stereocenters. The molecule has 4 nitrogen and oxygen atoms in total. The smallest absolute Gasteiger partial charge is 0.248 e. The molecule has 21 heavy (non-hydrogen) atoms. The summed E-state index contributed by atoms with van der Waals surface area (Å²) in [6, 6.07) is 19.8. The summed E-state index contributed by atoms with van der Waals surface area (Å²) in [5, 5.41) is 8.27. The first-order valence-electron chi connectivity index (χ1n) is 6.70. The van der Waals surface area contributed by atoms with Gasteiger partial charge >= 0.3 is 0 Å². The van der Waals surface area contributed by atoms with Crippen LogP contribution in [0, 0.1) is 6.92 Å². The number of hydrazone groups is 1. The number of hydrogen-bond donors (Lipinski definition) is 1. The summed E-state index contributed by atoms with van der Waals surface area (Å²) < 4.78 is 5.31. The van der Waals surface area contributed by atoms with E-state index in [1.165, 1.54) is 0 Å². The molecule has 1 N–H and O–H groups in total. The molecule has 1 aromatic heterocycles. The number of benzene rings is 2. The van der Waals surface area contributed by atoms with Gasteiger partial charge in [-0.05, 0) is 12.5 Å². The van der Waals surface area contributed by atoms with Crippen LogP contribution in [0.25, 0.3) is 11.3 Å². The predicted molar refractivity (Wildman–Crippen MR) is 84.3 cm³/mol. The van der Waals surface area contributed by atoms with Crippen molar-refractivity contribution in [2.75, 3.05) is 5.43 Å². The van der Waals surface area contributed by atoms with Crippen molar-refractivity contribution in [2.45, 2.75) is 6.92 Å². The predicted octanol–water partition coefficient (Wildman–Crippen LogP) is 4.10. The molecule has 0 spiro atoms. The highest BCUT2D eigenvalue weighted by molar-refractivity contribution is 5.80. The van der Waals surface area contributed by atoms with Gasteiger partial charge in [0.2, 0.25) is 5.88 Å². The first-order chi connectivity index (χ1) is 10.3. The summed E-state index contributed by atoms with van der Waals surface area (Å²) in [5.74, 6) is 0.557. The lowest BCUT2D eigenvalue weighted by Gasteiger charge is -1.97. The first kappa shape index (κ1) is 13.1. The topological polar surface area (TPSA) is 50.4 Å². The Kier molecular flexibility index (Phi) is 3.78. The molecule has 2 aromatic carbocycles. The number of aromatic nitrogens is 1. The highest BCUT2D eigenvalue weighted by atomic mass is 16.5. The molecule has 0 aliphatic carbocycles. The van der Waals surface area contributed by atoms with Crippen molar-refractivity contribution >= 4 is 12.1 Å². The fourth-order valence-electron chi connectivity index (χ4n) is 2.01. The number of rotatable bonds is 4. The summed E-state index contributed by atoms with van der Waals surface area (Å²) >= 11 is 0. The van der Waals surface area contributed by atoms with Gasteiger partial charge in [0.05, 0.1) is 6.21 Å². The molecule has 0 saturated carbocycles. The van der Waals surface area contributed by atoms with Gasteiger partial charge < -0.3 is 4.52 Å². The zero-order valence-electron chi connectivity index (χ0n) is 11.7. The molecule has 0 bridgehead atoms. The van der Waals surface area contributed by atoms with Crippen LogP contribution in [0.3, 0.4) is 0 Å². The fourth-order valence-corrected chi connectivity index (χ4v) is 2.01. The Morgan fingerprint density at radius 1 is 1.00 bits per heavy atom. The molecule has 4 heteroatoms. The molecular weight excluding hydrogens is 262 g/mol. The average molecular weight is 277 g/mol. The molecule has 0 unspecified atom stereocenters. The van der Waals surface area contributed by atoms with E-state index in [0.29, 0.717) is 5.88 Å². The zero-order chi connectivity index (χ0) is 14.5. The molecule has 0 radical (unpaired) electrons. The molecular formula is C17H15N3O. The molecule has 0 amide bonds. The van der Waals surface area contributed by atoms with Crippen LogP contribution in [-0.4, -0.2) is 11.4 Å². The molecule has 104 valence electrons. The van der Waals surface area contributed by atoms with E-state index in [1.807, 2.05) is 67.6 Å². The van der Waals surface area contributed by atoms with E-state index >= 15 is 0 Å². The monoisotopic (exact) mass is 277 g/mol. The van der Waals surface area contributed by atoms with Crippen LogP contribution in [0.1, 0.15) is 11.1 Å². The van der Waals surface area contributed by atoms with Crippen molar-refractivity contribution < 1.29 is 4.52 Å². The second-order valence-corrected chi connectivity index (χ2v) is 4.63. The third-order valence-electron chi connectivity index (χ3n) is 3.15. The van der Waals surface area contributed by atoms with Crippen LogP contribution in [-0.2, 0) is 0 Å². The highest BCUT2D eigenvalue weighted by Gasteiger charge is 2.12. The minimum absolute atomic E-state index is 0.557. The Hall–Kier alpha value is -2.88. The molecule has 3 aromatic rings. The van der Waals surface area contributed by atoms with Gasteiger partial charge in [-0.15, -0.1) is 0 Å². The van der Waals surface area contributed by atoms with Crippen molar-refractivity contribution in [3.05, 3.63) is 71.8 Å². The standard InChI is InChI=1S/C17H15N3O/c1-13-16(15-10-6-3-7-11-15)20-21-17(13)19-18-12-14-8-4-2-5-9-14/h2-12,19H,1H3/b18-12+. The van der Waals surface area contributed by atoms with Crippen LogP contribution < -0.4 is 5.43 Å².